The largest absolute Gasteiger partial charge is 0.497 e. The van der Waals surface area contributed by atoms with Gasteiger partial charge in [-0.15, -0.1) is 5.11 Å². The fraction of sp³-hybridized carbons (Fsp3) is 0.231. The van der Waals surface area contributed by atoms with Crippen LogP contribution in [0.15, 0.2) is 46.8 Å². The summed E-state index contributed by atoms with van der Waals surface area (Å²) in [5.41, 5.74) is -0.206. The van der Waals surface area contributed by atoms with Gasteiger partial charge in [0, 0.05) is 6.20 Å². The first-order chi connectivity index (χ1) is 9.99. The van der Waals surface area contributed by atoms with Gasteiger partial charge in [-0.1, -0.05) is 12.1 Å². The minimum absolute atomic E-state index is 0.212. The van der Waals surface area contributed by atoms with Crippen LogP contribution in [0, 0.1) is 0 Å². The maximum Gasteiger partial charge on any atom is 0.433 e. The van der Waals surface area contributed by atoms with E-state index in [9.17, 15) is 13.2 Å². The Morgan fingerprint density at radius 2 is 1.86 bits per heavy atom. The molecule has 0 amide bonds. The molecular weight excluding hydrogens is 285 g/mol. The lowest BCUT2D eigenvalue weighted by Crippen LogP contribution is -2.07. The van der Waals surface area contributed by atoms with E-state index in [1.165, 1.54) is 0 Å². The Morgan fingerprint density at radius 3 is 2.48 bits per heavy atom. The highest BCUT2D eigenvalue weighted by Gasteiger charge is 2.32. The van der Waals surface area contributed by atoms with Gasteiger partial charge in [0.1, 0.15) is 11.4 Å². The van der Waals surface area contributed by atoms with Crippen LogP contribution in [0.5, 0.6) is 5.75 Å². The molecule has 0 aliphatic heterocycles. The number of rotatable bonds is 4. The van der Waals surface area contributed by atoms with Gasteiger partial charge in [0.25, 0.3) is 5.95 Å². The van der Waals surface area contributed by atoms with Crippen molar-refractivity contribution in [3.63, 3.8) is 0 Å². The zero-order chi connectivity index (χ0) is 15.3. The van der Waals surface area contributed by atoms with Crippen molar-refractivity contribution in [3.05, 3.63) is 47.8 Å². The molecule has 8 heteroatoms. The zero-order valence-corrected chi connectivity index (χ0v) is 11.0. The summed E-state index contributed by atoms with van der Waals surface area (Å²) in [6.45, 7) is 0.212. The normalized spacial score (nSPS) is 11.8. The average Bonchev–Trinajstić information content (AvgIpc) is 2.47. The summed E-state index contributed by atoms with van der Waals surface area (Å²) in [4.78, 5) is 6.91. The minimum Gasteiger partial charge on any atom is -0.497 e. The molecular formula is C13H11F3N4O. The molecule has 1 heterocycles. The molecule has 1 aromatic heterocycles. The van der Waals surface area contributed by atoms with Gasteiger partial charge in [-0.3, -0.25) is 0 Å². The maximum absolute atomic E-state index is 12.5. The fourth-order valence-corrected chi connectivity index (χ4v) is 1.47. The Labute approximate surface area is 118 Å². The highest BCUT2D eigenvalue weighted by Crippen LogP contribution is 2.27. The van der Waals surface area contributed by atoms with Crippen molar-refractivity contribution in [2.75, 3.05) is 7.11 Å². The molecule has 0 N–H and O–H groups in total. The lowest BCUT2D eigenvalue weighted by Gasteiger charge is -2.04. The van der Waals surface area contributed by atoms with Gasteiger partial charge in [-0.25, -0.2) is 9.97 Å². The second kappa shape index (κ2) is 6.29. The van der Waals surface area contributed by atoms with Crippen LogP contribution in [-0.2, 0) is 12.7 Å². The van der Waals surface area contributed by atoms with Crippen LogP contribution in [0.4, 0.5) is 19.1 Å². The van der Waals surface area contributed by atoms with Gasteiger partial charge >= 0.3 is 6.18 Å². The Bertz CT molecular complexity index is 626. The zero-order valence-electron chi connectivity index (χ0n) is 11.0. The number of aromatic nitrogens is 2. The maximum atomic E-state index is 12.5. The molecule has 0 bridgehead atoms. The highest BCUT2D eigenvalue weighted by molar-refractivity contribution is 5.27. The van der Waals surface area contributed by atoms with Crippen molar-refractivity contribution in [2.45, 2.75) is 12.7 Å². The smallest absolute Gasteiger partial charge is 0.433 e. The van der Waals surface area contributed by atoms with Crippen molar-refractivity contribution < 1.29 is 17.9 Å². The number of methoxy groups -OCH3 is 1. The molecule has 0 saturated heterocycles. The summed E-state index contributed by atoms with van der Waals surface area (Å²) in [7, 11) is 1.56. The number of benzene rings is 1. The Kier molecular flexibility index (Phi) is 4.46. The Hall–Kier alpha value is -2.51. The predicted octanol–water partition coefficient (Wildman–Crippen LogP) is 3.79. The van der Waals surface area contributed by atoms with Gasteiger partial charge in [-0.05, 0) is 23.8 Å². The molecule has 2 rings (SSSR count). The molecule has 0 atom stereocenters. The summed E-state index contributed by atoms with van der Waals surface area (Å²) < 4.78 is 42.4. The lowest BCUT2D eigenvalue weighted by atomic mass is 10.2. The first kappa shape index (κ1) is 14.9. The van der Waals surface area contributed by atoms with E-state index in [1.54, 1.807) is 31.4 Å². The number of azo groups is 1. The van der Waals surface area contributed by atoms with Crippen LogP contribution < -0.4 is 4.74 Å². The second-order valence-electron chi connectivity index (χ2n) is 3.99. The third-order valence-corrected chi connectivity index (χ3v) is 2.51. The van der Waals surface area contributed by atoms with Gasteiger partial charge < -0.3 is 4.74 Å². The molecule has 0 aliphatic carbocycles. The van der Waals surface area contributed by atoms with Gasteiger partial charge in [0.2, 0.25) is 0 Å². The SMILES string of the molecule is COc1ccc(CN=Nc2nccc(C(F)(F)F)n2)cc1. The van der Waals surface area contributed by atoms with Crippen molar-refractivity contribution in [2.24, 2.45) is 10.2 Å². The first-order valence-corrected chi connectivity index (χ1v) is 5.90. The van der Waals surface area contributed by atoms with E-state index in [4.69, 9.17) is 4.74 Å². The number of nitrogens with zero attached hydrogens (tertiary/aromatic N) is 4. The Morgan fingerprint density at radius 1 is 1.14 bits per heavy atom. The number of hydrogen-bond donors (Lipinski definition) is 0. The van der Waals surface area contributed by atoms with E-state index in [1.807, 2.05) is 0 Å². The Balaban J connectivity index is 2.04. The number of alkyl halides is 3. The number of halogens is 3. The molecule has 0 aliphatic rings. The third-order valence-electron chi connectivity index (χ3n) is 2.51. The summed E-state index contributed by atoms with van der Waals surface area (Å²) >= 11 is 0. The summed E-state index contributed by atoms with van der Waals surface area (Å²) in [5, 5.41) is 7.37. The van der Waals surface area contributed by atoms with Gasteiger partial charge in [0.05, 0.1) is 13.7 Å². The molecule has 0 unspecified atom stereocenters. The van der Waals surface area contributed by atoms with Gasteiger partial charge in [-0.2, -0.15) is 18.3 Å². The predicted molar refractivity (Wildman–Crippen MR) is 68.2 cm³/mol. The first-order valence-electron chi connectivity index (χ1n) is 5.90. The van der Waals surface area contributed by atoms with Crippen LogP contribution in [0.3, 0.4) is 0 Å². The number of hydrogen-bond acceptors (Lipinski definition) is 5. The third kappa shape index (κ3) is 4.23. The average molecular weight is 296 g/mol. The molecule has 110 valence electrons. The van der Waals surface area contributed by atoms with Crippen LogP contribution in [-0.4, -0.2) is 17.1 Å². The molecule has 1 aromatic carbocycles. The fourth-order valence-electron chi connectivity index (χ4n) is 1.47. The monoisotopic (exact) mass is 296 g/mol. The molecule has 21 heavy (non-hydrogen) atoms. The topological polar surface area (TPSA) is 59.7 Å². The van der Waals surface area contributed by atoms with E-state index < -0.39 is 11.9 Å². The van der Waals surface area contributed by atoms with Crippen molar-refractivity contribution in [1.29, 1.82) is 0 Å². The van der Waals surface area contributed by atoms with Crippen molar-refractivity contribution in [3.8, 4) is 5.75 Å². The van der Waals surface area contributed by atoms with Crippen molar-refractivity contribution >= 4 is 5.95 Å². The van der Waals surface area contributed by atoms with Crippen LogP contribution in [0.1, 0.15) is 11.3 Å². The molecule has 2 aromatic rings. The van der Waals surface area contributed by atoms with Crippen LogP contribution in [0.25, 0.3) is 0 Å². The van der Waals surface area contributed by atoms with Crippen LogP contribution >= 0.6 is 0 Å². The van der Waals surface area contributed by atoms with Crippen molar-refractivity contribution in [1.82, 2.24) is 9.97 Å². The summed E-state index contributed by atoms with van der Waals surface area (Å²) in [6.07, 6.45) is -3.53. The summed E-state index contributed by atoms with van der Waals surface area (Å²) in [6, 6.07) is 7.86. The summed E-state index contributed by atoms with van der Waals surface area (Å²) in [5.74, 6) is 0.384. The highest BCUT2D eigenvalue weighted by atomic mass is 19.4. The van der Waals surface area contributed by atoms with E-state index in [2.05, 4.69) is 20.2 Å². The lowest BCUT2D eigenvalue weighted by molar-refractivity contribution is -0.141. The van der Waals surface area contributed by atoms with Crippen LogP contribution in [0.2, 0.25) is 0 Å². The second-order valence-corrected chi connectivity index (χ2v) is 3.99. The molecule has 5 nitrogen and oxygen atoms in total. The van der Waals surface area contributed by atoms with Gasteiger partial charge in [0.15, 0.2) is 0 Å². The van der Waals surface area contributed by atoms with E-state index in [0.29, 0.717) is 5.75 Å². The van der Waals surface area contributed by atoms with E-state index >= 15 is 0 Å². The molecule has 0 radical (unpaired) electrons. The minimum atomic E-state index is -4.52. The molecule has 0 fully saturated rings. The molecule has 0 spiro atoms. The van der Waals surface area contributed by atoms with E-state index in [-0.39, 0.29) is 12.5 Å². The number of ether oxygens (including phenoxy) is 1. The molecule has 0 saturated carbocycles. The standard InChI is InChI=1S/C13H11F3N4O/c1-21-10-4-2-9(3-5-10)8-18-20-12-17-7-6-11(19-12)13(14,15)16/h2-7H,8H2,1H3. The van der Waals surface area contributed by atoms with E-state index in [0.717, 1.165) is 17.8 Å². The quantitative estimate of drug-likeness (QED) is 0.806.